The summed E-state index contributed by atoms with van der Waals surface area (Å²) in [5.74, 6) is 1.07. The number of nitrogens with zero attached hydrogens (tertiary/aromatic N) is 2. The summed E-state index contributed by atoms with van der Waals surface area (Å²) in [6.45, 7) is 0. The van der Waals surface area contributed by atoms with Crippen molar-refractivity contribution in [2.24, 2.45) is 5.10 Å². The van der Waals surface area contributed by atoms with E-state index in [4.69, 9.17) is 16.3 Å². The Labute approximate surface area is 157 Å². The minimum atomic E-state index is -0.408. The SMILES string of the molecule is O=C(NC1CCCCC1)Oc1cccc(C=NNc2ccc(Cl)cn2)c1. The Morgan fingerprint density at radius 2 is 2.08 bits per heavy atom. The summed E-state index contributed by atoms with van der Waals surface area (Å²) >= 11 is 5.79. The smallest absolute Gasteiger partial charge is 0.410 e. The van der Waals surface area contributed by atoms with Crippen molar-refractivity contribution in [1.82, 2.24) is 10.3 Å². The lowest BCUT2D eigenvalue weighted by Gasteiger charge is -2.22. The number of amides is 1. The Hall–Kier alpha value is -2.60. The molecule has 136 valence electrons. The summed E-state index contributed by atoms with van der Waals surface area (Å²) in [4.78, 5) is 16.1. The fourth-order valence-corrected chi connectivity index (χ4v) is 2.94. The zero-order valence-electron chi connectivity index (χ0n) is 14.3. The lowest BCUT2D eigenvalue weighted by atomic mass is 9.96. The highest BCUT2D eigenvalue weighted by molar-refractivity contribution is 6.30. The van der Waals surface area contributed by atoms with Crippen molar-refractivity contribution >= 4 is 29.7 Å². The number of hydrogen-bond donors (Lipinski definition) is 2. The van der Waals surface area contributed by atoms with E-state index in [2.05, 4.69) is 20.8 Å². The summed E-state index contributed by atoms with van der Waals surface area (Å²) in [5.41, 5.74) is 3.61. The van der Waals surface area contributed by atoms with Crippen LogP contribution in [0, 0.1) is 0 Å². The molecule has 26 heavy (non-hydrogen) atoms. The summed E-state index contributed by atoms with van der Waals surface area (Å²) < 4.78 is 5.38. The molecule has 0 spiro atoms. The molecule has 1 aromatic carbocycles. The Bertz CT molecular complexity index is 758. The molecule has 1 heterocycles. The predicted molar refractivity (Wildman–Crippen MR) is 103 cm³/mol. The van der Waals surface area contributed by atoms with Crippen LogP contribution in [0.3, 0.4) is 0 Å². The number of carbonyl (C=O) groups is 1. The van der Waals surface area contributed by atoms with Crippen LogP contribution in [0.15, 0.2) is 47.7 Å². The highest BCUT2D eigenvalue weighted by Gasteiger charge is 2.16. The van der Waals surface area contributed by atoms with Gasteiger partial charge < -0.3 is 10.1 Å². The molecule has 6 nitrogen and oxygen atoms in total. The summed E-state index contributed by atoms with van der Waals surface area (Å²) in [6.07, 6.45) is 8.36. The molecule has 3 rings (SSSR count). The molecule has 1 aliphatic carbocycles. The molecule has 2 aromatic rings. The van der Waals surface area contributed by atoms with Crippen molar-refractivity contribution < 1.29 is 9.53 Å². The van der Waals surface area contributed by atoms with Gasteiger partial charge in [0.25, 0.3) is 0 Å². The van der Waals surface area contributed by atoms with E-state index < -0.39 is 6.09 Å². The van der Waals surface area contributed by atoms with Gasteiger partial charge in [-0.2, -0.15) is 5.10 Å². The number of hydrogen-bond acceptors (Lipinski definition) is 5. The Morgan fingerprint density at radius 3 is 2.85 bits per heavy atom. The Kier molecular flexibility index (Phi) is 6.44. The van der Waals surface area contributed by atoms with E-state index in [1.165, 1.54) is 6.42 Å². The maximum atomic E-state index is 12.0. The van der Waals surface area contributed by atoms with E-state index in [9.17, 15) is 4.79 Å². The van der Waals surface area contributed by atoms with Crippen LogP contribution in [0.25, 0.3) is 0 Å². The average Bonchev–Trinajstić information content (AvgIpc) is 2.64. The van der Waals surface area contributed by atoms with Gasteiger partial charge in [-0.1, -0.05) is 43.0 Å². The van der Waals surface area contributed by atoms with Gasteiger partial charge in [0, 0.05) is 12.2 Å². The first kappa shape index (κ1) is 18.2. The van der Waals surface area contributed by atoms with Gasteiger partial charge in [0.05, 0.1) is 11.2 Å². The number of ether oxygens (including phenoxy) is 1. The Balaban J connectivity index is 1.52. The quantitative estimate of drug-likeness (QED) is 0.594. The van der Waals surface area contributed by atoms with E-state index in [0.29, 0.717) is 16.6 Å². The molecule has 0 saturated heterocycles. The average molecular weight is 373 g/mol. The lowest BCUT2D eigenvalue weighted by Crippen LogP contribution is -2.38. The number of rotatable bonds is 5. The highest BCUT2D eigenvalue weighted by atomic mass is 35.5. The second-order valence-corrected chi connectivity index (χ2v) is 6.61. The number of aromatic nitrogens is 1. The number of anilines is 1. The van der Waals surface area contributed by atoms with Gasteiger partial charge in [0.2, 0.25) is 0 Å². The van der Waals surface area contributed by atoms with Crippen molar-refractivity contribution in [2.75, 3.05) is 5.43 Å². The topological polar surface area (TPSA) is 75.6 Å². The Morgan fingerprint density at radius 1 is 1.23 bits per heavy atom. The van der Waals surface area contributed by atoms with Gasteiger partial charge in [0.15, 0.2) is 0 Å². The van der Waals surface area contributed by atoms with E-state index in [0.717, 1.165) is 31.2 Å². The van der Waals surface area contributed by atoms with Gasteiger partial charge in [-0.05, 0) is 42.7 Å². The first-order chi connectivity index (χ1) is 12.7. The fraction of sp³-hybridized carbons (Fsp3) is 0.316. The second-order valence-electron chi connectivity index (χ2n) is 6.17. The maximum Gasteiger partial charge on any atom is 0.412 e. The molecule has 1 saturated carbocycles. The standard InChI is InChI=1S/C19H21ClN4O2/c20-15-9-10-18(21-13-15)24-22-12-14-5-4-8-17(11-14)26-19(25)23-16-6-2-1-3-7-16/h4-5,8-13,16H,1-3,6-7H2,(H,21,24)(H,23,25). The number of pyridine rings is 1. The normalized spacial score (nSPS) is 15.0. The lowest BCUT2D eigenvalue weighted by molar-refractivity contribution is 0.192. The summed E-state index contributed by atoms with van der Waals surface area (Å²) in [5, 5.41) is 7.61. The van der Waals surface area contributed by atoms with E-state index in [1.54, 1.807) is 36.7 Å². The molecular formula is C19H21ClN4O2. The molecule has 1 aromatic heterocycles. The first-order valence-electron chi connectivity index (χ1n) is 8.68. The molecule has 7 heteroatoms. The molecule has 0 radical (unpaired) electrons. The summed E-state index contributed by atoms with van der Waals surface area (Å²) in [7, 11) is 0. The maximum absolute atomic E-state index is 12.0. The van der Waals surface area contributed by atoms with E-state index in [-0.39, 0.29) is 6.04 Å². The van der Waals surface area contributed by atoms with Gasteiger partial charge in [-0.15, -0.1) is 0 Å². The van der Waals surface area contributed by atoms with Crippen molar-refractivity contribution in [1.29, 1.82) is 0 Å². The highest BCUT2D eigenvalue weighted by Crippen LogP contribution is 2.18. The molecule has 0 unspecified atom stereocenters. The zero-order chi connectivity index (χ0) is 18.2. The van der Waals surface area contributed by atoms with Crippen LogP contribution in [0.2, 0.25) is 5.02 Å². The van der Waals surface area contributed by atoms with E-state index in [1.807, 2.05) is 12.1 Å². The minimum Gasteiger partial charge on any atom is -0.410 e. The molecule has 0 bridgehead atoms. The van der Waals surface area contributed by atoms with Crippen LogP contribution < -0.4 is 15.5 Å². The molecule has 1 amide bonds. The van der Waals surface area contributed by atoms with Crippen LogP contribution >= 0.6 is 11.6 Å². The molecule has 1 fully saturated rings. The number of benzene rings is 1. The zero-order valence-corrected chi connectivity index (χ0v) is 15.1. The van der Waals surface area contributed by atoms with Crippen molar-refractivity contribution in [3.8, 4) is 5.75 Å². The monoisotopic (exact) mass is 372 g/mol. The van der Waals surface area contributed by atoms with Crippen molar-refractivity contribution in [3.63, 3.8) is 0 Å². The third-order valence-corrected chi connectivity index (χ3v) is 4.34. The van der Waals surface area contributed by atoms with Crippen LogP contribution in [-0.4, -0.2) is 23.3 Å². The van der Waals surface area contributed by atoms with Crippen LogP contribution in [-0.2, 0) is 0 Å². The van der Waals surface area contributed by atoms with Gasteiger partial charge in [0.1, 0.15) is 11.6 Å². The number of carbonyl (C=O) groups excluding carboxylic acids is 1. The largest absolute Gasteiger partial charge is 0.412 e. The van der Waals surface area contributed by atoms with Crippen molar-refractivity contribution in [2.45, 2.75) is 38.1 Å². The van der Waals surface area contributed by atoms with Crippen LogP contribution in [0.1, 0.15) is 37.7 Å². The molecule has 1 aliphatic rings. The van der Waals surface area contributed by atoms with E-state index >= 15 is 0 Å². The summed E-state index contributed by atoms with van der Waals surface area (Å²) in [6, 6.07) is 10.8. The van der Waals surface area contributed by atoms with Crippen LogP contribution in [0.4, 0.5) is 10.6 Å². The fourth-order valence-electron chi connectivity index (χ4n) is 2.82. The molecular weight excluding hydrogens is 352 g/mol. The second kappa shape index (κ2) is 9.20. The number of hydrazone groups is 1. The molecule has 0 atom stereocenters. The molecule has 0 aliphatic heterocycles. The van der Waals surface area contributed by atoms with Gasteiger partial charge in [-0.3, -0.25) is 5.43 Å². The third-order valence-electron chi connectivity index (χ3n) is 4.12. The predicted octanol–water partition coefficient (Wildman–Crippen LogP) is 4.60. The first-order valence-corrected chi connectivity index (χ1v) is 9.06. The van der Waals surface area contributed by atoms with Gasteiger partial charge >= 0.3 is 6.09 Å². The van der Waals surface area contributed by atoms with Crippen molar-refractivity contribution in [3.05, 3.63) is 53.2 Å². The third kappa shape index (κ3) is 5.74. The minimum absolute atomic E-state index is 0.220. The number of halogens is 1. The van der Waals surface area contributed by atoms with Gasteiger partial charge in [-0.25, -0.2) is 9.78 Å². The van der Waals surface area contributed by atoms with Crippen LogP contribution in [0.5, 0.6) is 5.75 Å². The number of nitrogens with one attached hydrogen (secondary N) is 2. The molecule has 2 N–H and O–H groups in total.